The molecule has 0 fully saturated rings. The number of hydrogen-bond donors (Lipinski definition) is 1. The monoisotopic (exact) mass is 502 g/mol. The fraction of sp³-hybridized carbons (Fsp3) is 0.143. The molecule has 2 rings (SSSR count). The molecule has 0 unspecified atom stereocenters. The highest BCUT2D eigenvalue weighted by Gasteiger charge is 2.14. The van der Waals surface area contributed by atoms with Gasteiger partial charge in [-0.25, -0.2) is 0 Å². The Labute approximate surface area is 180 Å². The zero-order valence-electron chi connectivity index (χ0n) is 15.0. The maximum absolute atomic E-state index is 12.5. The number of amides is 1. The van der Waals surface area contributed by atoms with E-state index in [2.05, 4.69) is 43.1 Å². The number of nitriles is 1. The molecule has 142 valence electrons. The van der Waals surface area contributed by atoms with Crippen LogP contribution in [-0.2, 0) is 4.79 Å². The number of ether oxygens (including phenoxy) is 2. The highest BCUT2D eigenvalue weighted by atomic mass is 79.9. The zero-order chi connectivity index (χ0) is 20.5. The largest absolute Gasteiger partial charge is 0.494 e. The van der Waals surface area contributed by atoms with Crippen LogP contribution in [0.15, 0.2) is 50.9 Å². The third-order valence-corrected chi connectivity index (χ3v) is 4.47. The van der Waals surface area contributed by atoms with E-state index in [4.69, 9.17) is 15.9 Å². The van der Waals surface area contributed by atoms with Gasteiger partial charge in [-0.2, -0.15) is 5.26 Å². The van der Waals surface area contributed by atoms with E-state index in [1.165, 1.54) is 6.08 Å². The predicted octanol–water partition coefficient (Wildman–Crippen LogP) is 5.17. The number of benzene rings is 2. The summed E-state index contributed by atoms with van der Waals surface area (Å²) < 4.78 is 12.3. The van der Waals surface area contributed by atoms with Crippen LogP contribution in [0.3, 0.4) is 0 Å². The Morgan fingerprint density at radius 3 is 2.57 bits per heavy atom. The molecule has 0 bridgehead atoms. The fourth-order valence-corrected chi connectivity index (χ4v) is 3.63. The summed E-state index contributed by atoms with van der Waals surface area (Å²) >= 11 is 6.79. The number of hydrogen-bond acceptors (Lipinski definition) is 4. The van der Waals surface area contributed by atoms with Gasteiger partial charge in [0.1, 0.15) is 29.7 Å². The van der Waals surface area contributed by atoms with E-state index in [1.807, 2.05) is 13.0 Å². The van der Waals surface area contributed by atoms with E-state index >= 15 is 0 Å². The summed E-state index contributed by atoms with van der Waals surface area (Å²) in [7, 11) is 0. The molecule has 0 radical (unpaired) electrons. The second-order valence-electron chi connectivity index (χ2n) is 5.38. The smallest absolute Gasteiger partial charge is 0.266 e. The average molecular weight is 504 g/mol. The Balaban J connectivity index is 2.29. The number of nitrogens with one attached hydrogen (secondary N) is 1. The number of terminal acetylenes is 1. The van der Waals surface area contributed by atoms with Crippen molar-refractivity contribution in [1.82, 2.24) is 0 Å². The first-order valence-corrected chi connectivity index (χ1v) is 9.78. The minimum Gasteiger partial charge on any atom is -0.494 e. The first kappa shape index (κ1) is 21.6. The van der Waals surface area contributed by atoms with Crippen LogP contribution < -0.4 is 14.8 Å². The van der Waals surface area contributed by atoms with E-state index in [0.717, 1.165) is 4.47 Å². The van der Waals surface area contributed by atoms with Gasteiger partial charge in [-0.1, -0.05) is 21.9 Å². The van der Waals surface area contributed by atoms with Gasteiger partial charge in [-0.05, 0) is 65.3 Å². The van der Waals surface area contributed by atoms with Crippen molar-refractivity contribution in [2.75, 3.05) is 18.5 Å². The Kier molecular flexibility index (Phi) is 8.13. The molecule has 0 saturated heterocycles. The molecule has 1 N–H and O–H groups in total. The molecule has 1 amide bonds. The maximum atomic E-state index is 12.5. The summed E-state index contributed by atoms with van der Waals surface area (Å²) in [5, 5.41) is 12.2. The van der Waals surface area contributed by atoms with E-state index in [9.17, 15) is 10.1 Å². The SMILES string of the molecule is C#CCOc1c(Br)cc(Br)cc1/C=C(\C#N)C(=O)Nc1ccc(OCC)cc1. The number of anilines is 1. The second kappa shape index (κ2) is 10.6. The number of halogens is 2. The first-order valence-electron chi connectivity index (χ1n) is 8.19. The quantitative estimate of drug-likeness (QED) is 0.321. The third-order valence-electron chi connectivity index (χ3n) is 3.43. The Bertz CT molecular complexity index is 971. The van der Waals surface area contributed by atoms with Crippen molar-refractivity contribution in [3.63, 3.8) is 0 Å². The minimum absolute atomic E-state index is 0.0569. The summed E-state index contributed by atoms with van der Waals surface area (Å²) in [5.74, 6) is 3.00. The third kappa shape index (κ3) is 5.88. The molecule has 0 saturated carbocycles. The Morgan fingerprint density at radius 2 is 1.96 bits per heavy atom. The van der Waals surface area contributed by atoms with Gasteiger partial charge in [0.25, 0.3) is 5.91 Å². The lowest BCUT2D eigenvalue weighted by atomic mass is 10.1. The van der Waals surface area contributed by atoms with Crippen molar-refractivity contribution in [3.05, 3.63) is 56.5 Å². The van der Waals surface area contributed by atoms with Gasteiger partial charge < -0.3 is 14.8 Å². The standard InChI is InChI=1S/C21H16Br2N2O3/c1-3-9-28-20-14(11-16(22)12-19(20)23)10-15(13-24)21(26)25-17-5-7-18(8-6-17)27-4-2/h1,5-8,10-12H,4,9H2,2H3,(H,25,26)/b15-10+. The van der Waals surface area contributed by atoms with Crippen molar-refractivity contribution in [3.8, 4) is 29.9 Å². The molecule has 5 nitrogen and oxygen atoms in total. The molecule has 0 heterocycles. The van der Waals surface area contributed by atoms with Crippen molar-refractivity contribution >= 4 is 49.5 Å². The summed E-state index contributed by atoms with van der Waals surface area (Å²) in [5.41, 5.74) is 1.01. The van der Waals surface area contributed by atoms with Gasteiger partial charge in [-0.3, -0.25) is 4.79 Å². The van der Waals surface area contributed by atoms with Crippen LogP contribution >= 0.6 is 31.9 Å². The predicted molar refractivity (Wildman–Crippen MR) is 116 cm³/mol. The van der Waals surface area contributed by atoms with Crippen LogP contribution in [-0.4, -0.2) is 19.1 Å². The lowest BCUT2D eigenvalue weighted by Gasteiger charge is -2.11. The van der Waals surface area contributed by atoms with E-state index in [-0.39, 0.29) is 12.2 Å². The molecule has 0 aromatic heterocycles. The van der Waals surface area contributed by atoms with Crippen LogP contribution in [0.2, 0.25) is 0 Å². The Hall–Kier alpha value is -2.74. The molecular weight excluding hydrogens is 488 g/mol. The van der Waals surface area contributed by atoms with Crippen LogP contribution in [0.1, 0.15) is 12.5 Å². The normalized spacial score (nSPS) is 10.5. The highest BCUT2D eigenvalue weighted by molar-refractivity contribution is 9.11. The summed E-state index contributed by atoms with van der Waals surface area (Å²) in [4.78, 5) is 12.5. The van der Waals surface area contributed by atoms with Crippen molar-refractivity contribution in [1.29, 1.82) is 5.26 Å². The molecule has 7 heteroatoms. The van der Waals surface area contributed by atoms with Gasteiger partial charge in [0.05, 0.1) is 11.1 Å². The van der Waals surface area contributed by atoms with Gasteiger partial charge in [0, 0.05) is 15.7 Å². The molecule has 0 spiro atoms. The number of nitrogens with zero attached hydrogens (tertiary/aromatic N) is 1. The molecular formula is C21H16Br2N2O3. The summed E-state index contributed by atoms with van der Waals surface area (Å²) in [6.07, 6.45) is 6.71. The van der Waals surface area contributed by atoms with Crippen molar-refractivity contribution in [2.24, 2.45) is 0 Å². The molecule has 0 aliphatic rings. The van der Waals surface area contributed by atoms with E-state index in [1.54, 1.807) is 36.4 Å². The minimum atomic E-state index is -0.536. The highest BCUT2D eigenvalue weighted by Crippen LogP contribution is 2.34. The maximum Gasteiger partial charge on any atom is 0.266 e. The summed E-state index contributed by atoms with van der Waals surface area (Å²) in [6, 6.07) is 12.3. The second-order valence-corrected chi connectivity index (χ2v) is 7.15. The molecule has 2 aromatic carbocycles. The van der Waals surface area contributed by atoms with Crippen LogP contribution in [0.4, 0.5) is 5.69 Å². The van der Waals surface area contributed by atoms with Gasteiger partial charge in [-0.15, -0.1) is 6.42 Å². The van der Waals surface area contributed by atoms with Crippen molar-refractivity contribution < 1.29 is 14.3 Å². The number of rotatable bonds is 7. The first-order chi connectivity index (χ1) is 13.5. The Morgan fingerprint density at radius 1 is 1.25 bits per heavy atom. The fourth-order valence-electron chi connectivity index (χ4n) is 2.26. The van der Waals surface area contributed by atoms with Crippen LogP contribution in [0.5, 0.6) is 11.5 Å². The molecule has 0 aliphatic carbocycles. The molecule has 2 aromatic rings. The average Bonchev–Trinajstić information content (AvgIpc) is 2.67. The molecule has 28 heavy (non-hydrogen) atoms. The number of carbonyl (C=O) groups is 1. The van der Waals surface area contributed by atoms with Gasteiger partial charge >= 0.3 is 0 Å². The van der Waals surface area contributed by atoms with Crippen LogP contribution in [0.25, 0.3) is 6.08 Å². The van der Waals surface area contributed by atoms with Crippen LogP contribution in [0, 0.1) is 23.7 Å². The summed E-state index contributed by atoms with van der Waals surface area (Å²) in [6.45, 7) is 2.50. The topological polar surface area (TPSA) is 71.3 Å². The van der Waals surface area contributed by atoms with Crippen molar-refractivity contribution in [2.45, 2.75) is 6.92 Å². The van der Waals surface area contributed by atoms with Gasteiger partial charge in [0.15, 0.2) is 0 Å². The number of carbonyl (C=O) groups excluding carboxylic acids is 1. The van der Waals surface area contributed by atoms with E-state index < -0.39 is 5.91 Å². The molecule has 0 aliphatic heterocycles. The molecule has 0 atom stereocenters. The van der Waals surface area contributed by atoms with Gasteiger partial charge in [0.2, 0.25) is 0 Å². The zero-order valence-corrected chi connectivity index (χ0v) is 18.1. The lowest BCUT2D eigenvalue weighted by molar-refractivity contribution is -0.112. The lowest BCUT2D eigenvalue weighted by Crippen LogP contribution is -2.13. The van der Waals surface area contributed by atoms with E-state index in [0.29, 0.717) is 33.8 Å².